The number of amides is 1. The average molecular weight is 257 g/mol. The minimum atomic E-state index is -0.487. The van der Waals surface area contributed by atoms with Crippen molar-refractivity contribution in [3.63, 3.8) is 0 Å². The molecule has 1 aromatic heterocycles. The minimum Gasteiger partial charge on any atom is -0.444 e. The van der Waals surface area contributed by atoms with Crippen molar-refractivity contribution < 1.29 is 9.53 Å². The van der Waals surface area contributed by atoms with Gasteiger partial charge in [-0.2, -0.15) is 17.7 Å². The zero-order valence-corrected chi connectivity index (χ0v) is 11.3. The van der Waals surface area contributed by atoms with Crippen molar-refractivity contribution in [2.75, 3.05) is 5.75 Å². The number of aromatic nitrogens is 2. The van der Waals surface area contributed by atoms with E-state index in [1.54, 1.807) is 6.20 Å². The molecular formula is C11H19N3O2S. The first-order valence-electron chi connectivity index (χ1n) is 5.49. The summed E-state index contributed by atoms with van der Waals surface area (Å²) in [6, 6.07) is 1.79. The van der Waals surface area contributed by atoms with Gasteiger partial charge >= 0.3 is 6.09 Å². The van der Waals surface area contributed by atoms with Crippen molar-refractivity contribution in [1.29, 1.82) is 0 Å². The Bertz CT molecular complexity index is 346. The van der Waals surface area contributed by atoms with Crippen LogP contribution in [0.15, 0.2) is 12.3 Å². The molecule has 0 unspecified atom stereocenters. The third-order valence-electron chi connectivity index (χ3n) is 1.97. The minimum absolute atomic E-state index is 0.0753. The van der Waals surface area contributed by atoms with Crippen LogP contribution in [-0.2, 0) is 11.2 Å². The normalized spacial score (nSPS) is 13.2. The molecule has 0 aromatic carbocycles. The van der Waals surface area contributed by atoms with Gasteiger partial charge in [0.2, 0.25) is 0 Å². The van der Waals surface area contributed by atoms with Gasteiger partial charge in [0.25, 0.3) is 0 Å². The van der Waals surface area contributed by atoms with Gasteiger partial charge in [-0.25, -0.2) is 4.79 Å². The number of ether oxygens (including phenoxy) is 1. The van der Waals surface area contributed by atoms with E-state index in [2.05, 4.69) is 28.1 Å². The molecule has 6 heteroatoms. The summed E-state index contributed by atoms with van der Waals surface area (Å²) >= 11 is 4.21. The van der Waals surface area contributed by atoms with Crippen LogP contribution in [0.4, 0.5) is 4.79 Å². The zero-order chi connectivity index (χ0) is 12.9. The Morgan fingerprint density at radius 1 is 1.65 bits per heavy atom. The van der Waals surface area contributed by atoms with Crippen molar-refractivity contribution in [1.82, 2.24) is 15.5 Å². The lowest BCUT2D eigenvalue weighted by Gasteiger charge is -2.22. The van der Waals surface area contributed by atoms with Crippen LogP contribution in [0.5, 0.6) is 0 Å². The van der Waals surface area contributed by atoms with Crippen LogP contribution in [-0.4, -0.2) is 33.7 Å². The summed E-state index contributed by atoms with van der Waals surface area (Å²) in [6.07, 6.45) is 1.91. The summed E-state index contributed by atoms with van der Waals surface area (Å²) in [5.74, 6) is 0.540. The van der Waals surface area contributed by atoms with Crippen molar-refractivity contribution in [2.45, 2.75) is 38.8 Å². The van der Waals surface area contributed by atoms with E-state index in [9.17, 15) is 4.79 Å². The van der Waals surface area contributed by atoms with Gasteiger partial charge in [-0.15, -0.1) is 0 Å². The Hall–Kier alpha value is -1.17. The van der Waals surface area contributed by atoms with Crippen molar-refractivity contribution >= 4 is 18.7 Å². The number of H-pyrrole nitrogens is 1. The van der Waals surface area contributed by atoms with Crippen molar-refractivity contribution in [3.05, 3.63) is 18.0 Å². The van der Waals surface area contributed by atoms with E-state index in [1.165, 1.54) is 0 Å². The average Bonchev–Trinajstić information content (AvgIpc) is 2.66. The summed E-state index contributed by atoms with van der Waals surface area (Å²) < 4.78 is 5.18. The second-order valence-electron chi connectivity index (χ2n) is 4.81. The maximum Gasteiger partial charge on any atom is 0.407 e. The van der Waals surface area contributed by atoms with Crippen LogP contribution >= 0.6 is 12.6 Å². The van der Waals surface area contributed by atoms with Gasteiger partial charge < -0.3 is 10.1 Å². The lowest BCUT2D eigenvalue weighted by molar-refractivity contribution is 0.0509. The molecule has 1 heterocycles. The Morgan fingerprint density at radius 3 is 2.82 bits per heavy atom. The molecule has 1 aromatic rings. The zero-order valence-electron chi connectivity index (χ0n) is 10.4. The monoisotopic (exact) mass is 257 g/mol. The summed E-state index contributed by atoms with van der Waals surface area (Å²) in [6.45, 7) is 5.49. The van der Waals surface area contributed by atoms with Gasteiger partial charge in [0.15, 0.2) is 0 Å². The van der Waals surface area contributed by atoms with Crippen LogP contribution in [0, 0.1) is 0 Å². The smallest absolute Gasteiger partial charge is 0.407 e. The summed E-state index contributed by atoms with van der Waals surface area (Å²) in [5, 5.41) is 9.48. The highest BCUT2D eigenvalue weighted by Crippen LogP contribution is 2.08. The summed E-state index contributed by atoms with van der Waals surface area (Å²) in [7, 11) is 0. The first kappa shape index (κ1) is 13.9. The lowest BCUT2D eigenvalue weighted by Crippen LogP contribution is -2.41. The Kier molecular flexibility index (Phi) is 4.86. The highest BCUT2D eigenvalue weighted by Gasteiger charge is 2.19. The van der Waals surface area contributed by atoms with Crippen LogP contribution in [0.25, 0.3) is 0 Å². The molecule has 0 fully saturated rings. The number of nitrogens with one attached hydrogen (secondary N) is 2. The maximum absolute atomic E-state index is 11.6. The van der Waals surface area contributed by atoms with Gasteiger partial charge in [-0.3, -0.25) is 5.10 Å². The van der Waals surface area contributed by atoms with E-state index in [0.717, 1.165) is 5.69 Å². The molecule has 0 aliphatic heterocycles. The molecular weight excluding hydrogens is 238 g/mol. The molecule has 5 nitrogen and oxygen atoms in total. The number of hydrogen-bond donors (Lipinski definition) is 3. The van der Waals surface area contributed by atoms with Crippen LogP contribution in [0.3, 0.4) is 0 Å². The fraction of sp³-hybridized carbons (Fsp3) is 0.636. The van der Waals surface area contributed by atoms with E-state index in [-0.39, 0.29) is 6.04 Å². The number of carbonyl (C=O) groups excluding carboxylic acids is 1. The molecule has 1 atom stereocenters. The number of thiol groups is 1. The van der Waals surface area contributed by atoms with Gasteiger partial charge in [-0.1, -0.05) is 0 Å². The molecule has 1 rings (SSSR count). The summed E-state index contributed by atoms with van der Waals surface area (Å²) in [5.41, 5.74) is 0.472. The first-order valence-corrected chi connectivity index (χ1v) is 6.12. The lowest BCUT2D eigenvalue weighted by atomic mass is 10.2. The summed E-state index contributed by atoms with van der Waals surface area (Å²) in [4.78, 5) is 11.6. The van der Waals surface area contributed by atoms with E-state index in [1.807, 2.05) is 26.8 Å². The standard InChI is InChI=1S/C11H19N3O2S/c1-11(2,3)16-10(15)13-9(7-17)6-8-4-5-12-14-8/h4-5,9,17H,6-7H2,1-3H3,(H,12,14)(H,13,15)/t9-/m0/s1. The highest BCUT2D eigenvalue weighted by molar-refractivity contribution is 7.80. The second kappa shape index (κ2) is 5.95. The fourth-order valence-corrected chi connectivity index (χ4v) is 1.52. The second-order valence-corrected chi connectivity index (χ2v) is 5.18. The van der Waals surface area contributed by atoms with Gasteiger partial charge in [0, 0.05) is 30.1 Å². The predicted octanol–water partition coefficient (Wildman–Crippen LogP) is 1.78. The van der Waals surface area contributed by atoms with E-state index < -0.39 is 11.7 Å². The predicted molar refractivity (Wildman–Crippen MR) is 69.3 cm³/mol. The van der Waals surface area contributed by atoms with Crippen LogP contribution < -0.4 is 5.32 Å². The Labute approximate surface area is 107 Å². The largest absolute Gasteiger partial charge is 0.444 e. The highest BCUT2D eigenvalue weighted by atomic mass is 32.1. The van der Waals surface area contributed by atoms with E-state index >= 15 is 0 Å². The van der Waals surface area contributed by atoms with Crippen molar-refractivity contribution in [2.24, 2.45) is 0 Å². The van der Waals surface area contributed by atoms with E-state index in [0.29, 0.717) is 12.2 Å². The number of nitrogens with zero attached hydrogens (tertiary/aromatic N) is 1. The number of hydrogen-bond acceptors (Lipinski definition) is 4. The maximum atomic E-state index is 11.6. The SMILES string of the molecule is CC(C)(C)OC(=O)N[C@H](CS)Cc1ccn[nH]1. The molecule has 0 spiro atoms. The Morgan fingerprint density at radius 2 is 2.35 bits per heavy atom. The third kappa shape index (κ3) is 5.63. The van der Waals surface area contributed by atoms with Gasteiger partial charge in [0.1, 0.15) is 5.60 Å². The topological polar surface area (TPSA) is 67.0 Å². The molecule has 0 saturated carbocycles. The molecule has 0 bridgehead atoms. The molecule has 1 amide bonds. The first-order chi connectivity index (χ1) is 7.90. The van der Waals surface area contributed by atoms with Crippen molar-refractivity contribution in [3.8, 4) is 0 Å². The number of carbonyl (C=O) groups is 1. The molecule has 17 heavy (non-hydrogen) atoms. The van der Waals surface area contributed by atoms with Gasteiger partial charge in [0.05, 0.1) is 0 Å². The van der Waals surface area contributed by atoms with Crippen LogP contribution in [0.1, 0.15) is 26.5 Å². The number of aromatic amines is 1. The molecule has 0 saturated heterocycles. The number of rotatable bonds is 4. The quantitative estimate of drug-likeness (QED) is 0.720. The Balaban J connectivity index is 2.44. The molecule has 0 radical (unpaired) electrons. The third-order valence-corrected chi connectivity index (χ3v) is 2.41. The van der Waals surface area contributed by atoms with Crippen LogP contribution in [0.2, 0.25) is 0 Å². The van der Waals surface area contributed by atoms with Gasteiger partial charge in [-0.05, 0) is 26.8 Å². The molecule has 0 aliphatic carbocycles. The molecule has 0 aliphatic rings. The number of alkyl carbamates (subject to hydrolysis) is 1. The molecule has 96 valence electrons. The van der Waals surface area contributed by atoms with E-state index in [4.69, 9.17) is 4.74 Å². The molecule has 2 N–H and O–H groups in total. The fourth-order valence-electron chi connectivity index (χ4n) is 1.30.